The maximum absolute atomic E-state index is 13.0. The highest BCUT2D eigenvalue weighted by Crippen LogP contribution is 2.36. The van der Waals surface area contributed by atoms with Gasteiger partial charge in [0.1, 0.15) is 12.6 Å². The van der Waals surface area contributed by atoms with Crippen LogP contribution in [-0.2, 0) is 25.4 Å². The van der Waals surface area contributed by atoms with Crippen LogP contribution in [-0.4, -0.2) is 36.4 Å². The highest BCUT2D eigenvalue weighted by molar-refractivity contribution is 6.62. The molecule has 1 aliphatic heterocycles. The molecule has 0 saturated carbocycles. The van der Waals surface area contributed by atoms with Gasteiger partial charge in [-0.15, -0.1) is 0 Å². The van der Waals surface area contributed by atoms with E-state index in [0.29, 0.717) is 5.69 Å². The minimum Gasteiger partial charge on any atom is -0.445 e. The van der Waals surface area contributed by atoms with E-state index >= 15 is 0 Å². The minimum absolute atomic E-state index is 0.134. The molecule has 2 N–H and O–H groups in total. The Morgan fingerprint density at radius 1 is 0.970 bits per heavy atom. The van der Waals surface area contributed by atoms with E-state index in [1.807, 2.05) is 90.1 Å². The predicted molar refractivity (Wildman–Crippen MR) is 129 cm³/mol. The van der Waals surface area contributed by atoms with Crippen molar-refractivity contribution < 1.29 is 23.6 Å². The number of alkyl carbamates (subject to hydrolysis) is 1. The molecule has 0 aromatic heterocycles. The number of hydrogen-bond acceptors (Lipinski definition) is 5. The Labute approximate surface area is 196 Å². The molecule has 1 aliphatic rings. The zero-order valence-electron chi connectivity index (χ0n) is 20.2. The van der Waals surface area contributed by atoms with Gasteiger partial charge in [-0.2, -0.15) is 0 Å². The van der Waals surface area contributed by atoms with Gasteiger partial charge in [0.05, 0.1) is 11.2 Å². The molecule has 2 aromatic carbocycles. The fourth-order valence-electron chi connectivity index (χ4n) is 3.39. The van der Waals surface area contributed by atoms with Gasteiger partial charge < -0.3 is 24.7 Å². The zero-order valence-corrected chi connectivity index (χ0v) is 20.2. The first-order valence-corrected chi connectivity index (χ1v) is 11.2. The number of amides is 2. The van der Waals surface area contributed by atoms with Crippen molar-refractivity contribution in [2.24, 2.45) is 5.92 Å². The average Bonchev–Trinajstić information content (AvgIpc) is 2.98. The molecule has 7 nitrogen and oxygen atoms in total. The topological polar surface area (TPSA) is 85.9 Å². The molecular weight excluding hydrogens is 419 g/mol. The van der Waals surface area contributed by atoms with Gasteiger partial charge in [0, 0.05) is 5.69 Å². The number of anilines is 1. The lowest BCUT2D eigenvalue weighted by molar-refractivity contribution is -0.119. The molecule has 176 valence electrons. The monoisotopic (exact) mass is 452 g/mol. The lowest BCUT2D eigenvalue weighted by atomic mass is 9.79. The van der Waals surface area contributed by atoms with Gasteiger partial charge in [-0.05, 0) is 56.8 Å². The van der Waals surface area contributed by atoms with Crippen LogP contribution in [0.2, 0.25) is 0 Å². The quantitative estimate of drug-likeness (QED) is 0.623. The summed E-state index contributed by atoms with van der Waals surface area (Å²) in [6.45, 7) is 11.8. The van der Waals surface area contributed by atoms with Crippen molar-refractivity contribution in [3.05, 3.63) is 60.2 Å². The van der Waals surface area contributed by atoms with E-state index in [4.69, 9.17) is 14.0 Å². The number of benzene rings is 2. The molecule has 2 aromatic rings. The van der Waals surface area contributed by atoms with Crippen LogP contribution in [0.5, 0.6) is 0 Å². The van der Waals surface area contributed by atoms with Crippen LogP contribution in [0.25, 0.3) is 0 Å². The summed E-state index contributed by atoms with van der Waals surface area (Å²) >= 11 is 0. The summed E-state index contributed by atoms with van der Waals surface area (Å²) in [7, 11) is -0.529. The number of rotatable bonds is 7. The second-order valence-corrected chi connectivity index (χ2v) is 9.63. The summed E-state index contributed by atoms with van der Waals surface area (Å²) in [6.07, 6.45) is -0.640. The van der Waals surface area contributed by atoms with Crippen molar-refractivity contribution in [2.75, 3.05) is 5.32 Å². The van der Waals surface area contributed by atoms with E-state index in [9.17, 15) is 9.59 Å². The first kappa shape index (κ1) is 24.8. The molecule has 3 rings (SSSR count). The second kappa shape index (κ2) is 9.97. The zero-order chi connectivity index (χ0) is 24.2. The SMILES string of the molecule is CC(C)[C@@H](NC(=O)OCc1ccccc1)C(=O)Nc1cccc(B2OC(C)(C)C(C)(C)O2)c1. The smallest absolute Gasteiger partial charge is 0.445 e. The van der Waals surface area contributed by atoms with E-state index in [0.717, 1.165) is 11.0 Å². The first-order valence-electron chi connectivity index (χ1n) is 11.2. The molecule has 2 amide bonds. The number of nitrogens with one attached hydrogen (secondary N) is 2. The third-order valence-corrected chi connectivity index (χ3v) is 6.11. The van der Waals surface area contributed by atoms with Crippen LogP contribution in [0, 0.1) is 5.92 Å². The standard InChI is InChI=1S/C25H33BN2O5/c1-17(2)21(28-23(30)31-16-18-11-8-7-9-12-18)22(29)27-20-14-10-13-19(15-20)26-32-24(3,4)25(5,6)33-26/h7-15,17,21H,16H2,1-6H3,(H,27,29)(H,28,30)/t21-/m1/s1. The summed E-state index contributed by atoms with van der Waals surface area (Å²) in [4.78, 5) is 25.3. The number of carbonyl (C=O) groups excluding carboxylic acids is 2. The lowest BCUT2D eigenvalue weighted by Crippen LogP contribution is -2.47. The Kier molecular flexibility index (Phi) is 7.49. The van der Waals surface area contributed by atoms with Crippen LogP contribution in [0.3, 0.4) is 0 Å². The van der Waals surface area contributed by atoms with Gasteiger partial charge in [0.25, 0.3) is 0 Å². The summed E-state index contributed by atoms with van der Waals surface area (Å²) in [5, 5.41) is 5.56. The maximum atomic E-state index is 13.0. The largest absolute Gasteiger partial charge is 0.494 e. The summed E-state index contributed by atoms with van der Waals surface area (Å²) in [5.41, 5.74) is 1.37. The first-order chi connectivity index (χ1) is 15.5. The summed E-state index contributed by atoms with van der Waals surface area (Å²) in [6, 6.07) is 16.0. The Bertz CT molecular complexity index is 962. The van der Waals surface area contributed by atoms with E-state index in [1.165, 1.54) is 0 Å². The summed E-state index contributed by atoms with van der Waals surface area (Å²) in [5.74, 6) is -0.465. The van der Waals surface area contributed by atoms with E-state index in [1.54, 1.807) is 6.07 Å². The van der Waals surface area contributed by atoms with Gasteiger partial charge in [-0.3, -0.25) is 4.79 Å². The number of carbonyl (C=O) groups is 2. The average molecular weight is 452 g/mol. The fraction of sp³-hybridized carbons (Fsp3) is 0.440. The van der Waals surface area contributed by atoms with E-state index in [2.05, 4.69) is 10.6 Å². The summed E-state index contributed by atoms with van der Waals surface area (Å²) < 4.78 is 17.5. The van der Waals surface area contributed by atoms with Crippen molar-refractivity contribution >= 4 is 30.3 Å². The molecule has 33 heavy (non-hydrogen) atoms. The molecule has 0 spiro atoms. The molecule has 0 unspecified atom stereocenters. The maximum Gasteiger partial charge on any atom is 0.494 e. The molecule has 1 heterocycles. The molecule has 0 radical (unpaired) electrons. The second-order valence-electron chi connectivity index (χ2n) is 9.63. The highest BCUT2D eigenvalue weighted by atomic mass is 16.7. The van der Waals surface area contributed by atoms with Crippen molar-refractivity contribution in [3.63, 3.8) is 0 Å². The van der Waals surface area contributed by atoms with Crippen molar-refractivity contribution in [1.29, 1.82) is 0 Å². The number of ether oxygens (including phenoxy) is 1. The molecule has 1 saturated heterocycles. The van der Waals surface area contributed by atoms with Crippen LogP contribution < -0.4 is 16.1 Å². The predicted octanol–water partition coefficient (Wildman–Crippen LogP) is 3.88. The molecule has 1 fully saturated rings. The molecular formula is C25H33BN2O5. The fourth-order valence-corrected chi connectivity index (χ4v) is 3.39. The van der Waals surface area contributed by atoms with Gasteiger partial charge in [0.2, 0.25) is 5.91 Å². The van der Waals surface area contributed by atoms with Gasteiger partial charge in [0.15, 0.2) is 0 Å². The molecule has 0 aliphatic carbocycles. The Hall–Kier alpha value is -2.84. The van der Waals surface area contributed by atoms with Crippen LogP contribution >= 0.6 is 0 Å². The Morgan fingerprint density at radius 2 is 1.61 bits per heavy atom. The Morgan fingerprint density at radius 3 is 2.21 bits per heavy atom. The van der Waals surface area contributed by atoms with Crippen LogP contribution in [0.4, 0.5) is 10.5 Å². The highest BCUT2D eigenvalue weighted by Gasteiger charge is 2.51. The number of hydrogen-bond donors (Lipinski definition) is 2. The van der Waals surface area contributed by atoms with Gasteiger partial charge >= 0.3 is 13.2 Å². The molecule has 1 atom stereocenters. The molecule has 0 bridgehead atoms. The van der Waals surface area contributed by atoms with E-state index in [-0.39, 0.29) is 18.4 Å². The lowest BCUT2D eigenvalue weighted by Gasteiger charge is -2.32. The normalized spacial score (nSPS) is 17.5. The van der Waals surface area contributed by atoms with Crippen LogP contribution in [0.15, 0.2) is 54.6 Å². The van der Waals surface area contributed by atoms with Gasteiger partial charge in [-0.25, -0.2) is 4.79 Å². The third-order valence-electron chi connectivity index (χ3n) is 6.11. The Balaban J connectivity index is 1.62. The van der Waals surface area contributed by atoms with Crippen molar-refractivity contribution in [3.8, 4) is 0 Å². The van der Waals surface area contributed by atoms with E-state index < -0.39 is 30.5 Å². The van der Waals surface area contributed by atoms with Crippen molar-refractivity contribution in [2.45, 2.75) is 65.4 Å². The third kappa shape index (κ3) is 6.15. The minimum atomic E-state index is -0.756. The van der Waals surface area contributed by atoms with Gasteiger partial charge in [-0.1, -0.05) is 56.3 Å². The van der Waals surface area contributed by atoms with Crippen LogP contribution in [0.1, 0.15) is 47.1 Å². The van der Waals surface area contributed by atoms with Crippen molar-refractivity contribution in [1.82, 2.24) is 5.32 Å². The molecule has 8 heteroatoms.